The van der Waals surface area contributed by atoms with Gasteiger partial charge < -0.3 is 10.6 Å². The highest BCUT2D eigenvalue weighted by atomic mass is 16.2. The summed E-state index contributed by atoms with van der Waals surface area (Å²) in [6, 6.07) is 2.10. The maximum absolute atomic E-state index is 12.0. The minimum atomic E-state index is -0.0672. The third-order valence-electron chi connectivity index (χ3n) is 3.63. The van der Waals surface area contributed by atoms with E-state index in [0.29, 0.717) is 5.82 Å². The van der Waals surface area contributed by atoms with Crippen LogP contribution in [0.5, 0.6) is 0 Å². The molecule has 8 nitrogen and oxygen atoms in total. The van der Waals surface area contributed by atoms with Gasteiger partial charge >= 0.3 is 0 Å². The number of carbonyl (C=O) groups is 1. The molecule has 0 aromatic carbocycles. The van der Waals surface area contributed by atoms with Crippen molar-refractivity contribution in [2.24, 2.45) is 7.05 Å². The van der Waals surface area contributed by atoms with E-state index in [0.717, 1.165) is 30.9 Å². The summed E-state index contributed by atoms with van der Waals surface area (Å²) in [5, 5.41) is 14.5. The highest BCUT2D eigenvalue weighted by Gasteiger charge is 2.20. The first kappa shape index (κ1) is 13.7. The first-order valence-corrected chi connectivity index (χ1v) is 7.02. The first-order chi connectivity index (χ1) is 10.1. The number of nitrogens with one attached hydrogen (secondary N) is 2. The van der Waals surface area contributed by atoms with Crippen LogP contribution in [0.15, 0.2) is 12.4 Å². The van der Waals surface area contributed by atoms with Gasteiger partial charge in [-0.3, -0.25) is 9.48 Å². The van der Waals surface area contributed by atoms with Crippen LogP contribution >= 0.6 is 0 Å². The van der Waals surface area contributed by atoms with Crippen molar-refractivity contribution in [2.75, 3.05) is 11.9 Å². The van der Waals surface area contributed by atoms with E-state index in [1.165, 1.54) is 0 Å². The number of fused-ring (bicyclic) bond motifs is 1. The van der Waals surface area contributed by atoms with Crippen LogP contribution in [-0.4, -0.2) is 43.0 Å². The molecule has 112 valence electrons. The molecule has 0 saturated heterocycles. The number of amides is 1. The summed E-state index contributed by atoms with van der Waals surface area (Å²) >= 11 is 0. The summed E-state index contributed by atoms with van der Waals surface area (Å²) in [5.74, 6) is 1.66. The predicted octanol–water partition coefficient (Wildman–Crippen LogP) is -0.137. The fraction of sp³-hybridized carbons (Fsp3) is 0.538. The molecule has 8 heteroatoms. The molecule has 1 aliphatic heterocycles. The lowest BCUT2D eigenvalue weighted by Gasteiger charge is -2.23. The average molecular weight is 289 g/mol. The fourth-order valence-electron chi connectivity index (χ4n) is 2.56. The molecule has 2 aromatic heterocycles. The summed E-state index contributed by atoms with van der Waals surface area (Å²) in [6.07, 6.45) is 3.44. The van der Waals surface area contributed by atoms with E-state index in [-0.39, 0.29) is 18.5 Å². The van der Waals surface area contributed by atoms with Crippen molar-refractivity contribution in [3.8, 4) is 0 Å². The Bertz CT molecular complexity index is 645. The normalized spacial score (nSPS) is 17.5. The molecule has 0 fully saturated rings. The monoisotopic (exact) mass is 289 g/mol. The molecule has 1 atom stereocenters. The molecule has 21 heavy (non-hydrogen) atoms. The van der Waals surface area contributed by atoms with Gasteiger partial charge in [-0.25, -0.2) is 9.67 Å². The molecular weight excluding hydrogens is 270 g/mol. The fourth-order valence-corrected chi connectivity index (χ4v) is 2.56. The number of aromatic nitrogens is 5. The predicted molar refractivity (Wildman–Crippen MR) is 76.7 cm³/mol. The molecule has 0 aliphatic carbocycles. The Morgan fingerprint density at radius 2 is 2.38 bits per heavy atom. The molecule has 2 aromatic rings. The largest absolute Gasteiger partial charge is 0.310 e. The Morgan fingerprint density at radius 1 is 1.52 bits per heavy atom. The van der Waals surface area contributed by atoms with E-state index < -0.39 is 0 Å². The quantitative estimate of drug-likeness (QED) is 0.818. The number of nitrogens with zero attached hydrogens (tertiary/aromatic N) is 5. The van der Waals surface area contributed by atoms with Gasteiger partial charge in [0, 0.05) is 25.6 Å². The van der Waals surface area contributed by atoms with Crippen LogP contribution in [0.25, 0.3) is 0 Å². The lowest BCUT2D eigenvalue weighted by atomic mass is 10.1. The Balaban J connectivity index is 1.49. The van der Waals surface area contributed by atoms with E-state index in [1.807, 2.05) is 24.7 Å². The highest BCUT2D eigenvalue weighted by molar-refractivity contribution is 5.91. The third-order valence-corrected chi connectivity index (χ3v) is 3.63. The molecule has 3 rings (SSSR count). The molecule has 0 radical (unpaired) electrons. The average Bonchev–Trinajstić information content (AvgIpc) is 3.02. The van der Waals surface area contributed by atoms with Crippen molar-refractivity contribution in [3.05, 3.63) is 23.9 Å². The topological polar surface area (TPSA) is 89.7 Å². The van der Waals surface area contributed by atoms with Gasteiger partial charge in [-0.15, -0.1) is 0 Å². The van der Waals surface area contributed by atoms with Crippen molar-refractivity contribution in [1.82, 2.24) is 29.9 Å². The van der Waals surface area contributed by atoms with Crippen LogP contribution in [0, 0.1) is 6.92 Å². The summed E-state index contributed by atoms with van der Waals surface area (Å²) < 4.78 is 3.55. The Labute approximate surface area is 122 Å². The standard InChI is InChI=1S/C13H19N7O/c1-9-5-12(19(2)18-9)17-13(21)6-14-10-3-4-11-15-8-16-20(11)7-10/h5,8,10,14H,3-4,6-7H2,1-2H3,(H,17,21). The van der Waals surface area contributed by atoms with Gasteiger partial charge in [-0.2, -0.15) is 10.2 Å². The van der Waals surface area contributed by atoms with Gasteiger partial charge in [-0.1, -0.05) is 0 Å². The van der Waals surface area contributed by atoms with Gasteiger partial charge in [0.05, 0.1) is 18.8 Å². The molecule has 2 N–H and O–H groups in total. The van der Waals surface area contributed by atoms with E-state index in [9.17, 15) is 4.79 Å². The van der Waals surface area contributed by atoms with Crippen LogP contribution in [0.1, 0.15) is 17.9 Å². The molecule has 1 aliphatic rings. The van der Waals surface area contributed by atoms with Gasteiger partial charge in [0.1, 0.15) is 18.0 Å². The highest BCUT2D eigenvalue weighted by Crippen LogP contribution is 2.11. The number of hydrogen-bond acceptors (Lipinski definition) is 5. The lowest BCUT2D eigenvalue weighted by Crippen LogP contribution is -2.41. The zero-order valence-corrected chi connectivity index (χ0v) is 12.2. The smallest absolute Gasteiger partial charge is 0.239 e. The Kier molecular flexibility index (Phi) is 3.70. The minimum Gasteiger partial charge on any atom is -0.310 e. The summed E-state index contributed by atoms with van der Waals surface area (Å²) in [7, 11) is 1.81. The van der Waals surface area contributed by atoms with Crippen LogP contribution in [0.4, 0.5) is 5.82 Å². The van der Waals surface area contributed by atoms with Crippen molar-refractivity contribution in [1.29, 1.82) is 0 Å². The zero-order chi connectivity index (χ0) is 14.8. The Morgan fingerprint density at radius 3 is 3.14 bits per heavy atom. The molecule has 0 saturated carbocycles. The molecule has 0 spiro atoms. The number of rotatable bonds is 4. The van der Waals surface area contributed by atoms with Crippen LogP contribution in [-0.2, 0) is 24.8 Å². The van der Waals surface area contributed by atoms with Crippen molar-refractivity contribution >= 4 is 11.7 Å². The van der Waals surface area contributed by atoms with Gasteiger partial charge in [0.2, 0.25) is 5.91 Å². The number of aryl methyl sites for hydroxylation is 3. The van der Waals surface area contributed by atoms with Gasteiger partial charge in [-0.05, 0) is 13.3 Å². The second kappa shape index (κ2) is 5.65. The number of anilines is 1. The van der Waals surface area contributed by atoms with E-state index >= 15 is 0 Å². The maximum Gasteiger partial charge on any atom is 0.239 e. The summed E-state index contributed by atoms with van der Waals surface area (Å²) in [5.41, 5.74) is 0.881. The molecule has 1 amide bonds. The van der Waals surface area contributed by atoms with Gasteiger partial charge in [0.15, 0.2) is 0 Å². The van der Waals surface area contributed by atoms with Crippen molar-refractivity contribution < 1.29 is 4.79 Å². The molecule has 3 heterocycles. The van der Waals surface area contributed by atoms with Crippen LogP contribution < -0.4 is 10.6 Å². The van der Waals surface area contributed by atoms with E-state index in [2.05, 4.69) is 25.8 Å². The number of carbonyl (C=O) groups excluding carboxylic acids is 1. The SMILES string of the molecule is Cc1cc(NC(=O)CNC2CCc3ncnn3C2)n(C)n1. The second-order valence-electron chi connectivity index (χ2n) is 5.32. The molecular formula is C13H19N7O. The van der Waals surface area contributed by atoms with E-state index in [4.69, 9.17) is 0 Å². The molecule has 1 unspecified atom stereocenters. The number of hydrogen-bond donors (Lipinski definition) is 2. The van der Waals surface area contributed by atoms with E-state index in [1.54, 1.807) is 11.0 Å². The third kappa shape index (κ3) is 3.10. The summed E-state index contributed by atoms with van der Waals surface area (Å²) in [4.78, 5) is 16.2. The first-order valence-electron chi connectivity index (χ1n) is 7.02. The minimum absolute atomic E-state index is 0.0672. The maximum atomic E-state index is 12.0. The van der Waals surface area contributed by atoms with Gasteiger partial charge in [0.25, 0.3) is 0 Å². The second-order valence-corrected chi connectivity index (χ2v) is 5.32. The molecule has 0 bridgehead atoms. The summed E-state index contributed by atoms with van der Waals surface area (Å²) in [6.45, 7) is 2.93. The zero-order valence-electron chi connectivity index (χ0n) is 12.2. The lowest BCUT2D eigenvalue weighted by molar-refractivity contribution is -0.115. The Hall–Kier alpha value is -2.22. The van der Waals surface area contributed by atoms with Crippen molar-refractivity contribution in [3.63, 3.8) is 0 Å². The van der Waals surface area contributed by atoms with Crippen LogP contribution in [0.2, 0.25) is 0 Å². The van der Waals surface area contributed by atoms with Crippen LogP contribution in [0.3, 0.4) is 0 Å². The van der Waals surface area contributed by atoms with Crippen molar-refractivity contribution in [2.45, 2.75) is 32.4 Å².